The lowest BCUT2D eigenvalue weighted by Crippen LogP contribution is -2.53. The molecule has 2 aliphatic rings. The molecule has 1 aliphatic heterocycles. The minimum absolute atomic E-state index is 0.132. The van der Waals surface area contributed by atoms with Crippen LogP contribution < -0.4 is 5.32 Å². The second kappa shape index (κ2) is 20.5. The van der Waals surface area contributed by atoms with Gasteiger partial charge >= 0.3 is 0 Å². The quantitative estimate of drug-likeness (QED) is 0.154. The fourth-order valence-electron chi connectivity index (χ4n) is 8.69. The largest absolute Gasteiger partial charge is 0.349 e. The van der Waals surface area contributed by atoms with Crippen LogP contribution in [0.3, 0.4) is 0 Å². The van der Waals surface area contributed by atoms with Crippen LogP contribution in [0.2, 0.25) is 25.4 Å². The number of anilines is 1. The normalized spacial score (nSPS) is 17.3. The van der Waals surface area contributed by atoms with Crippen LogP contribution >= 0.6 is 58.0 Å². The van der Waals surface area contributed by atoms with E-state index in [2.05, 4.69) is 80.2 Å². The van der Waals surface area contributed by atoms with Gasteiger partial charge in [-0.1, -0.05) is 91.6 Å². The zero-order valence-electron chi connectivity index (χ0n) is 37.5. The second-order valence-electron chi connectivity index (χ2n) is 18.1. The van der Waals surface area contributed by atoms with Crippen LogP contribution in [0.1, 0.15) is 79.6 Å². The van der Waals surface area contributed by atoms with Gasteiger partial charge in [0, 0.05) is 48.5 Å². The van der Waals surface area contributed by atoms with Gasteiger partial charge in [0.1, 0.15) is 12.7 Å². The van der Waals surface area contributed by atoms with Crippen LogP contribution in [-0.4, -0.2) is 78.7 Å². The molecular formula is C49H51Cl5N12. The molecule has 1 saturated heterocycles. The number of benzene rings is 2. The van der Waals surface area contributed by atoms with E-state index >= 15 is 0 Å². The fourth-order valence-corrected chi connectivity index (χ4v) is 9.50. The number of piperidine rings is 1. The van der Waals surface area contributed by atoms with Crippen molar-refractivity contribution < 1.29 is 0 Å². The van der Waals surface area contributed by atoms with Crippen LogP contribution in [0.5, 0.6) is 0 Å². The van der Waals surface area contributed by atoms with Gasteiger partial charge in [-0.15, -0.1) is 20.4 Å². The van der Waals surface area contributed by atoms with Gasteiger partial charge < -0.3 is 5.32 Å². The molecule has 66 heavy (non-hydrogen) atoms. The van der Waals surface area contributed by atoms with Crippen molar-refractivity contribution in [2.75, 3.05) is 18.4 Å². The maximum atomic E-state index is 6.38. The minimum Gasteiger partial charge on any atom is -0.349 e. The van der Waals surface area contributed by atoms with Crippen molar-refractivity contribution in [2.24, 2.45) is 5.41 Å². The summed E-state index contributed by atoms with van der Waals surface area (Å²) in [7, 11) is 0. The van der Waals surface area contributed by atoms with E-state index < -0.39 is 0 Å². The molecule has 12 nitrogen and oxygen atoms in total. The third-order valence-electron chi connectivity index (χ3n) is 12.3. The molecule has 1 N–H and O–H groups in total. The summed E-state index contributed by atoms with van der Waals surface area (Å²) in [4.78, 5) is 20.4. The number of aromatic nitrogens is 10. The topological polar surface area (TPSA) is 127 Å². The molecule has 6 aromatic heterocycles. The summed E-state index contributed by atoms with van der Waals surface area (Å²) in [6.07, 6.45) is 19.6. The van der Waals surface area contributed by atoms with Crippen LogP contribution in [-0.2, 0) is 0 Å². The lowest BCUT2D eigenvalue weighted by atomic mass is 9.78. The molecule has 1 unspecified atom stereocenters. The number of hydrogen-bond donors (Lipinski definition) is 1. The molecule has 2 fully saturated rings. The van der Waals surface area contributed by atoms with E-state index in [0.29, 0.717) is 54.5 Å². The van der Waals surface area contributed by atoms with Gasteiger partial charge in [-0.3, -0.25) is 23.7 Å². The Hall–Kier alpha value is -4.95. The standard InChI is InChI=1S/C25H27Cl2N7.C16H8Cl3N5.C8H16/c1-16(2)33-12-4-9-25(3,14-33)31-24-30-22(17-7-10-28-11-8-17)21(23-32-29-15-34(23)24)18-5-6-19(26)20(27)13-18;17-11-2-1-10(7-12(11)18)13-14(9-3-5-20-6-4-9)22-16(19)24-8-21-23-15(13)24;1-8(2)6-4-3-5-7-8/h5-8,10-11,13,15-16H,4,9,12,14H2,1-3H3,(H,30,31);1-8H;3-7H2,1-2H3. The van der Waals surface area contributed by atoms with Gasteiger partial charge in [0.2, 0.25) is 11.2 Å². The van der Waals surface area contributed by atoms with Crippen molar-refractivity contribution in [1.82, 2.24) is 54.0 Å². The predicted molar refractivity (Wildman–Crippen MR) is 269 cm³/mol. The molecule has 8 aromatic rings. The Morgan fingerprint density at radius 2 is 1.09 bits per heavy atom. The summed E-state index contributed by atoms with van der Waals surface area (Å²) in [5.74, 6) is 0.712. The van der Waals surface area contributed by atoms with E-state index in [1.54, 1.807) is 53.7 Å². The lowest BCUT2D eigenvalue weighted by Gasteiger charge is -2.43. The third-order valence-corrected chi connectivity index (χ3v) is 14.0. The molecule has 0 spiro atoms. The Balaban J connectivity index is 0.000000160. The summed E-state index contributed by atoms with van der Waals surface area (Å²) in [5, 5.41) is 22.8. The Morgan fingerprint density at radius 1 is 0.576 bits per heavy atom. The Bertz CT molecular complexity index is 2930. The van der Waals surface area contributed by atoms with Crippen molar-refractivity contribution >= 4 is 75.2 Å². The highest BCUT2D eigenvalue weighted by molar-refractivity contribution is 6.42. The number of nitrogens with zero attached hydrogens (tertiary/aromatic N) is 11. The second-order valence-corrected chi connectivity index (χ2v) is 20.1. The highest BCUT2D eigenvalue weighted by atomic mass is 35.5. The van der Waals surface area contributed by atoms with Crippen LogP contribution in [0.25, 0.3) is 56.1 Å². The molecule has 17 heteroatoms. The van der Waals surface area contributed by atoms with Crippen molar-refractivity contribution in [3.05, 3.63) is 123 Å². The van der Waals surface area contributed by atoms with Gasteiger partial charge in [0.25, 0.3) is 0 Å². The lowest BCUT2D eigenvalue weighted by molar-refractivity contribution is 0.137. The van der Waals surface area contributed by atoms with Gasteiger partial charge in [-0.05, 0) is 130 Å². The minimum atomic E-state index is -0.132. The summed E-state index contributed by atoms with van der Waals surface area (Å²) < 4.78 is 3.53. The van der Waals surface area contributed by atoms with Gasteiger partial charge in [0.05, 0.1) is 48.1 Å². The molecule has 1 aliphatic carbocycles. The van der Waals surface area contributed by atoms with Gasteiger partial charge in [-0.2, -0.15) is 0 Å². The molecule has 0 radical (unpaired) electrons. The van der Waals surface area contributed by atoms with E-state index in [-0.39, 0.29) is 10.8 Å². The van der Waals surface area contributed by atoms with E-state index in [0.717, 1.165) is 65.0 Å². The number of fused-ring (bicyclic) bond motifs is 2. The summed E-state index contributed by atoms with van der Waals surface area (Å²) >= 11 is 31.1. The molecule has 1 saturated carbocycles. The summed E-state index contributed by atoms with van der Waals surface area (Å²) in [6, 6.07) is 19.0. The third kappa shape index (κ3) is 10.8. The fraction of sp³-hybridized carbons (Fsp3) is 0.347. The molecule has 7 heterocycles. The molecule has 1 atom stereocenters. The van der Waals surface area contributed by atoms with Crippen molar-refractivity contribution in [1.29, 1.82) is 0 Å². The van der Waals surface area contributed by atoms with Crippen LogP contribution in [0, 0.1) is 5.41 Å². The number of nitrogens with one attached hydrogen (secondary N) is 1. The molecule has 10 rings (SSSR count). The average Bonchev–Trinajstić information content (AvgIpc) is 4.01. The Kier molecular flexibility index (Phi) is 14.8. The maximum Gasteiger partial charge on any atom is 0.211 e. The molecular weight excluding hydrogens is 934 g/mol. The first-order valence-corrected chi connectivity index (χ1v) is 24.0. The van der Waals surface area contributed by atoms with Crippen LogP contribution in [0.4, 0.5) is 5.95 Å². The monoisotopic (exact) mass is 982 g/mol. The zero-order valence-corrected chi connectivity index (χ0v) is 41.3. The highest BCUT2D eigenvalue weighted by Crippen LogP contribution is 2.40. The van der Waals surface area contributed by atoms with E-state index in [4.69, 9.17) is 63.0 Å². The number of halogens is 5. The van der Waals surface area contributed by atoms with Crippen molar-refractivity contribution in [3.63, 3.8) is 0 Å². The van der Waals surface area contributed by atoms with E-state index in [1.807, 2.05) is 46.9 Å². The highest BCUT2D eigenvalue weighted by Gasteiger charge is 2.34. The number of rotatable bonds is 7. The SMILES string of the molecule is CC(C)N1CCCC(C)(Nc2nc(-c3ccncc3)c(-c3ccc(Cl)c(Cl)c3)c3nncn23)C1.CC1(C)CCCCC1.Clc1ccc(-c2c(-c3ccncc3)nc(Cl)n3cnnc23)cc1Cl. The molecule has 0 bridgehead atoms. The first-order chi connectivity index (χ1) is 31.7. The van der Waals surface area contributed by atoms with Gasteiger partial charge in [-0.25, -0.2) is 9.97 Å². The molecule has 342 valence electrons. The van der Waals surface area contributed by atoms with Gasteiger partial charge in [0.15, 0.2) is 11.3 Å². The Labute approximate surface area is 410 Å². The van der Waals surface area contributed by atoms with Crippen molar-refractivity contribution in [2.45, 2.75) is 91.1 Å². The maximum absolute atomic E-state index is 6.38. The number of likely N-dealkylation sites (tertiary alicyclic amines) is 1. The molecule has 0 amide bonds. The first-order valence-electron chi connectivity index (χ1n) is 22.1. The zero-order chi connectivity index (χ0) is 46.6. The number of pyridine rings is 2. The van der Waals surface area contributed by atoms with Crippen LogP contribution in [0.15, 0.2) is 98.1 Å². The average molecular weight is 985 g/mol. The number of hydrogen-bond acceptors (Lipinski definition) is 10. The summed E-state index contributed by atoms with van der Waals surface area (Å²) in [5.41, 5.74) is 8.36. The van der Waals surface area contributed by atoms with E-state index in [9.17, 15) is 0 Å². The van der Waals surface area contributed by atoms with E-state index in [1.165, 1.54) is 38.4 Å². The first kappa shape index (κ1) is 47.5. The summed E-state index contributed by atoms with van der Waals surface area (Å²) in [6.45, 7) is 13.6. The Morgan fingerprint density at radius 3 is 1.59 bits per heavy atom. The van der Waals surface area contributed by atoms with Crippen molar-refractivity contribution in [3.8, 4) is 44.8 Å². The molecule has 2 aromatic carbocycles. The smallest absolute Gasteiger partial charge is 0.211 e. The predicted octanol–water partition coefficient (Wildman–Crippen LogP) is 13.6.